The highest BCUT2D eigenvalue weighted by molar-refractivity contribution is 5.35. The van der Waals surface area contributed by atoms with Crippen LogP contribution in [0.2, 0.25) is 0 Å². The van der Waals surface area contributed by atoms with Crippen LogP contribution in [0.15, 0.2) is 18.2 Å². The largest absolute Gasteiger partial charge is 0.393 e. The minimum atomic E-state index is -0.264. The summed E-state index contributed by atoms with van der Waals surface area (Å²) in [7, 11) is 0. The molecular formula is C15H24O. The fourth-order valence-corrected chi connectivity index (χ4v) is 2.04. The van der Waals surface area contributed by atoms with Gasteiger partial charge in [-0.15, -0.1) is 0 Å². The highest BCUT2D eigenvalue weighted by Crippen LogP contribution is 2.25. The fourth-order valence-electron chi connectivity index (χ4n) is 2.04. The van der Waals surface area contributed by atoms with Crippen molar-refractivity contribution in [2.24, 2.45) is 0 Å². The lowest BCUT2D eigenvalue weighted by atomic mass is 9.90. The van der Waals surface area contributed by atoms with Crippen molar-refractivity contribution < 1.29 is 5.11 Å². The summed E-state index contributed by atoms with van der Waals surface area (Å²) >= 11 is 0. The van der Waals surface area contributed by atoms with Gasteiger partial charge in [0.05, 0.1) is 6.10 Å². The third-order valence-electron chi connectivity index (χ3n) is 2.97. The number of aliphatic hydroxyl groups excluding tert-OH is 1. The summed E-state index contributed by atoms with van der Waals surface area (Å²) in [6, 6.07) is 6.69. The smallest absolute Gasteiger partial charge is 0.0552 e. The van der Waals surface area contributed by atoms with Crippen molar-refractivity contribution in [3.05, 3.63) is 34.9 Å². The molecule has 1 aromatic rings. The van der Waals surface area contributed by atoms with E-state index >= 15 is 0 Å². The summed E-state index contributed by atoms with van der Waals surface area (Å²) in [6.07, 6.45) is 0.494. The van der Waals surface area contributed by atoms with E-state index in [1.807, 2.05) is 6.92 Å². The minimum absolute atomic E-state index is 0.264. The second kappa shape index (κ2) is 5.49. The van der Waals surface area contributed by atoms with E-state index in [0.717, 1.165) is 6.42 Å². The predicted molar refractivity (Wildman–Crippen MR) is 70.0 cm³/mol. The van der Waals surface area contributed by atoms with Crippen molar-refractivity contribution in [1.82, 2.24) is 0 Å². The summed E-state index contributed by atoms with van der Waals surface area (Å²) in [5.41, 5.74) is 4.03. The predicted octanol–water partition coefficient (Wildman–Crippen LogP) is 3.86. The summed E-state index contributed by atoms with van der Waals surface area (Å²) in [5.74, 6) is 1.07. The average Bonchev–Trinajstić information content (AvgIpc) is 2.15. The first kappa shape index (κ1) is 13.2. The lowest BCUT2D eigenvalue weighted by Gasteiger charge is -2.17. The maximum Gasteiger partial charge on any atom is 0.0552 e. The van der Waals surface area contributed by atoms with Gasteiger partial charge in [-0.1, -0.05) is 45.9 Å². The molecule has 1 nitrogen and oxygen atoms in total. The van der Waals surface area contributed by atoms with Gasteiger partial charge < -0.3 is 5.11 Å². The molecule has 1 unspecified atom stereocenters. The molecule has 0 amide bonds. The highest BCUT2D eigenvalue weighted by Gasteiger charge is 2.10. The van der Waals surface area contributed by atoms with Gasteiger partial charge in [0.2, 0.25) is 0 Å². The monoisotopic (exact) mass is 220 g/mol. The molecule has 0 aliphatic rings. The summed E-state index contributed by atoms with van der Waals surface area (Å²) in [6.45, 7) is 10.7. The minimum Gasteiger partial charge on any atom is -0.393 e. The Labute approximate surface area is 99.5 Å². The molecule has 0 saturated carbocycles. The standard InChI is InChI=1S/C15H24O/c1-10(2)13-6-7-15(11(3)4)14(9-13)8-12(5)16/h6-7,9-12,16H,8H2,1-5H3. The Hall–Kier alpha value is -0.820. The SMILES string of the molecule is CC(O)Cc1cc(C(C)C)ccc1C(C)C. The van der Waals surface area contributed by atoms with E-state index in [9.17, 15) is 5.11 Å². The molecule has 0 aromatic heterocycles. The van der Waals surface area contributed by atoms with Gasteiger partial charge in [-0.05, 0) is 41.9 Å². The topological polar surface area (TPSA) is 20.2 Å². The van der Waals surface area contributed by atoms with Gasteiger partial charge in [-0.25, -0.2) is 0 Å². The lowest BCUT2D eigenvalue weighted by Crippen LogP contribution is -2.08. The van der Waals surface area contributed by atoms with E-state index in [0.29, 0.717) is 11.8 Å². The van der Waals surface area contributed by atoms with Crippen LogP contribution < -0.4 is 0 Å². The molecule has 0 saturated heterocycles. The number of benzene rings is 1. The van der Waals surface area contributed by atoms with Gasteiger partial charge in [0.15, 0.2) is 0 Å². The zero-order valence-corrected chi connectivity index (χ0v) is 11.1. The molecule has 1 aromatic carbocycles. The second-order valence-corrected chi connectivity index (χ2v) is 5.32. The quantitative estimate of drug-likeness (QED) is 0.817. The van der Waals surface area contributed by atoms with Gasteiger partial charge in [0.25, 0.3) is 0 Å². The van der Waals surface area contributed by atoms with Crippen molar-refractivity contribution in [3.8, 4) is 0 Å². The summed E-state index contributed by atoms with van der Waals surface area (Å²) in [5, 5.41) is 9.54. The van der Waals surface area contributed by atoms with Gasteiger partial charge >= 0.3 is 0 Å². The van der Waals surface area contributed by atoms with E-state index in [1.54, 1.807) is 0 Å². The van der Waals surface area contributed by atoms with Crippen LogP contribution in [-0.4, -0.2) is 11.2 Å². The number of hydrogen-bond acceptors (Lipinski definition) is 1. The van der Waals surface area contributed by atoms with E-state index in [4.69, 9.17) is 0 Å². The van der Waals surface area contributed by atoms with Gasteiger partial charge in [0.1, 0.15) is 0 Å². The van der Waals surface area contributed by atoms with Crippen molar-refractivity contribution in [2.75, 3.05) is 0 Å². The maximum atomic E-state index is 9.54. The number of hydrogen-bond donors (Lipinski definition) is 1. The molecule has 0 fully saturated rings. The molecule has 1 N–H and O–H groups in total. The van der Waals surface area contributed by atoms with Crippen LogP contribution >= 0.6 is 0 Å². The van der Waals surface area contributed by atoms with E-state index in [-0.39, 0.29) is 6.10 Å². The van der Waals surface area contributed by atoms with Gasteiger partial charge in [0, 0.05) is 0 Å². The van der Waals surface area contributed by atoms with Crippen LogP contribution in [0.5, 0.6) is 0 Å². The van der Waals surface area contributed by atoms with Crippen LogP contribution in [-0.2, 0) is 6.42 Å². The second-order valence-electron chi connectivity index (χ2n) is 5.32. The molecule has 0 radical (unpaired) electrons. The highest BCUT2D eigenvalue weighted by atomic mass is 16.3. The molecule has 1 heteroatoms. The molecule has 16 heavy (non-hydrogen) atoms. The van der Waals surface area contributed by atoms with Crippen molar-refractivity contribution >= 4 is 0 Å². The first-order valence-electron chi connectivity index (χ1n) is 6.22. The third-order valence-corrected chi connectivity index (χ3v) is 2.97. The van der Waals surface area contributed by atoms with Crippen LogP contribution in [0.25, 0.3) is 0 Å². The Morgan fingerprint density at radius 3 is 2.06 bits per heavy atom. The summed E-state index contributed by atoms with van der Waals surface area (Å²) < 4.78 is 0. The molecule has 1 rings (SSSR count). The summed E-state index contributed by atoms with van der Waals surface area (Å²) in [4.78, 5) is 0. The molecule has 0 heterocycles. The normalized spacial score (nSPS) is 13.5. The van der Waals surface area contributed by atoms with Crippen molar-refractivity contribution in [2.45, 2.75) is 59.0 Å². The van der Waals surface area contributed by atoms with E-state index < -0.39 is 0 Å². The van der Waals surface area contributed by atoms with E-state index in [1.165, 1.54) is 16.7 Å². The first-order valence-corrected chi connectivity index (χ1v) is 6.22. The lowest BCUT2D eigenvalue weighted by molar-refractivity contribution is 0.195. The molecular weight excluding hydrogens is 196 g/mol. The number of rotatable bonds is 4. The average molecular weight is 220 g/mol. The molecule has 0 bridgehead atoms. The van der Waals surface area contributed by atoms with Gasteiger partial charge in [-0.3, -0.25) is 0 Å². The van der Waals surface area contributed by atoms with E-state index in [2.05, 4.69) is 45.9 Å². The molecule has 1 atom stereocenters. The Balaban J connectivity index is 3.10. The van der Waals surface area contributed by atoms with Crippen LogP contribution in [0.3, 0.4) is 0 Å². The van der Waals surface area contributed by atoms with Crippen molar-refractivity contribution in [3.63, 3.8) is 0 Å². The Kier molecular flexibility index (Phi) is 4.55. The molecule has 0 spiro atoms. The Morgan fingerprint density at radius 1 is 1.00 bits per heavy atom. The van der Waals surface area contributed by atoms with Crippen LogP contribution in [0, 0.1) is 0 Å². The fraction of sp³-hybridized carbons (Fsp3) is 0.600. The molecule has 90 valence electrons. The zero-order chi connectivity index (χ0) is 12.3. The molecule has 0 aliphatic heterocycles. The zero-order valence-electron chi connectivity index (χ0n) is 11.1. The van der Waals surface area contributed by atoms with Crippen LogP contribution in [0.1, 0.15) is 63.1 Å². The molecule has 0 aliphatic carbocycles. The van der Waals surface area contributed by atoms with Crippen LogP contribution in [0.4, 0.5) is 0 Å². The Bertz CT molecular complexity index is 337. The maximum absolute atomic E-state index is 9.54. The third kappa shape index (κ3) is 3.34. The van der Waals surface area contributed by atoms with Gasteiger partial charge in [-0.2, -0.15) is 0 Å². The first-order chi connectivity index (χ1) is 7.41. The number of aliphatic hydroxyl groups is 1. The van der Waals surface area contributed by atoms with Crippen molar-refractivity contribution in [1.29, 1.82) is 0 Å². The Morgan fingerprint density at radius 2 is 1.62 bits per heavy atom.